The maximum Gasteiger partial charge on any atom is 0.348 e. The predicted octanol–water partition coefficient (Wildman–Crippen LogP) is 3.31. The van der Waals surface area contributed by atoms with Gasteiger partial charge in [0.25, 0.3) is 11.8 Å². The Morgan fingerprint density at radius 3 is 2.41 bits per heavy atom. The van der Waals surface area contributed by atoms with Crippen molar-refractivity contribution in [1.29, 1.82) is 0 Å². The van der Waals surface area contributed by atoms with E-state index in [9.17, 15) is 14.4 Å². The maximum absolute atomic E-state index is 12.2. The Bertz CT molecular complexity index is 945. The standard InChI is InChI=1S/C19H16N2O5S/c1-25-19(24)16-9-8-15(27-16)18(23)20-11-12-4-6-13(7-5-12)21-17(22)14-3-2-10-26-14/h2-10H,11H2,1H3,(H,20,23)(H,21,22). The van der Waals surface area contributed by atoms with E-state index < -0.39 is 5.97 Å². The summed E-state index contributed by atoms with van der Waals surface area (Å²) >= 11 is 1.07. The molecule has 0 fully saturated rings. The van der Waals surface area contributed by atoms with Crippen molar-refractivity contribution in [3.05, 3.63) is 75.9 Å². The van der Waals surface area contributed by atoms with Crippen molar-refractivity contribution in [2.24, 2.45) is 0 Å². The van der Waals surface area contributed by atoms with Crippen molar-refractivity contribution >= 4 is 34.8 Å². The zero-order valence-corrected chi connectivity index (χ0v) is 15.2. The van der Waals surface area contributed by atoms with Crippen LogP contribution < -0.4 is 10.6 Å². The third-order valence-electron chi connectivity index (χ3n) is 3.63. The number of carbonyl (C=O) groups excluding carboxylic acids is 3. The molecule has 0 unspecified atom stereocenters. The van der Waals surface area contributed by atoms with Gasteiger partial charge in [0.1, 0.15) is 4.88 Å². The number of hydrogen-bond acceptors (Lipinski definition) is 6. The average Bonchev–Trinajstić information content (AvgIpc) is 3.38. The molecule has 0 aliphatic carbocycles. The predicted molar refractivity (Wildman–Crippen MR) is 99.9 cm³/mol. The normalized spacial score (nSPS) is 10.3. The van der Waals surface area contributed by atoms with Gasteiger partial charge < -0.3 is 19.8 Å². The number of benzene rings is 1. The lowest BCUT2D eigenvalue weighted by molar-refractivity contribution is 0.0606. The first-order chi connectivity index (χ1) is 13.1. The first kappa shape index (κ1) is 18.4. The lowest BCUT2D eigenvalue weighted by Gasteiger charge is -2.06. The van der Waals surface area contributed by atoms with Gasteiger partial charge in [-0.2, -0.15) is 0 Å². The van der Waals surface area contributed by atoms with Gasteiger partial charge in [-0.1, -0.05) is 12.1 Å². The number of nitrogens with one attached hydrogen (secondary N) is 2. The third-order valence-corrected chi connectivity index (χ3v) is 4.69. The number of methoxy groups -OCH3 is 1. The highest BCUT2D eigenvalue weighted by Gasteiger charge is 2.14. The number of thiophene rings is 1. The van der Waals surface area contributed by atoms with Crippen LogP contribution in [0.15, 0.2) is 59.2 Å². The molecule has 2 amide bonds. The fourth-order valence-corrected chi connectivity index (χ4v) is 3.09. The first-order valence-electron chi connectivity index (χ1n) is 7.97. The fraction of sp³-hybridized carbons (Fsp3) is 0.105. The monoisotopic (exact) mass is 384 g/mol. The molecular formula is C19H16N2O5S. The Labute approximate surface area is 159 Å². The SMILES string of the molecule is COC(=O)c1ccc(C(=O)NCc2ccc(NC(=O)c3ccco3)cc2)s1. The number of rotatable bonds is 6. The second-order valence-electron chi connectivity index (χ2n) is 5.47. The molecular weight excluding hydrogens is 368 g/mol. The van der Waals surface area contributed by atoms with Crippen LogP contribution in [-0.2, 0) is 11.3 Å². The lowest BCUT2D eigenvalue weighted by Crippen LogP contribution is -2.21. The summed E-state index contributed by atoms with van der Waals surface area (Å²) in [6.07, 6.45) is 1.43. The van der Waals surface area contributed by atoms with E-state index in [0.29, 0.717) is 22.0 Å². The van der Waals surface area contributed by atoms with Crippen LogP contribution in [0.4, 0.5) is 5.69 Å². The van der Waals surface area contributed by atoms with Crippen molar-refractivity contribution in [2.45, 2.75) is 6.54 Å². The summed E-state index contributed by atoms with van der Waals surface area (Å²) in [6, 6.07) is 13.4. The molecule has 3 rings (SSSR count). The van der Waals surface area contributed by atoms with Gasteiger partial charge in [0, 0.05) is 12.2 Å². The Morgan fingerprint density at radius 2 is 1.74 bits per heavy atom. The molecule has 27 heavy (non-hydrogen) atoms. The molecule has 2 heterocycles. The molecule has 0 atom stereocenters. The number of esters is 1. The minimum absolute atomic E-state index is 0.230. The largest absolute Gasteiger partial charge is 0.465 e. The summed E-state index contributed by atoms with van der Waals surface area (Å²) < 4.78 is 9.66. The molecule has 7 nitrogen and oxygen atoms in total. The zero-order valence-electron chi connectivity index (χ0n) is 14.4. The molecule has 0 bridgehead atoms. The average molecular weight is 384 g/mol. The molecule has 8 heteroatoms. The zero-order chi connectivity index (χ0) is 19.2. The summed E-state index contributed by atoms with van der Waals surface area (Å²) in [5.41, 5.74) is 1.48. The quantitative estimate of drug-likeness (QED) is 0.636. The van der Waals surface area contributed by atoms with E-state index in [-0.39, 0.29) is 17.6 Å². The Kier molecular flexibility index (Phi) is 5.68. The van der Waals surface area contributed by atoms with Crippen molar-refractivity contribution < 1.29 is 23.5 Å². The number of anilines is 1. The Hall–Kier alpha value is -3.39. The summed E-state index contributed by atoms with van der Waals surface area (Å²) in [7, 11) is 1.29. The molecule has 0 saturated heterocycles. The summed E-state index contributed by atoms with van der Waals surface area (Å²) in [5.74, 6) is -0.842. The van der Waals surface area contributed by atoms with Gasteiger partial charge in [-0.15, -0.1) is 11.3 Å². The van der Waals surface area contributed by atoms with Gasteiger partial charge >= 0.3 is 5.97 Å². The lowest BCUT2D eigenvalue weighted by atomic mass is 10.2. The van der Waals surface area contributed by atoms with E-state index in [0.717, 1.165) is 16.9 Å². The van der Waals surface area contributed by atoms with Crippen LogP contribution in [0.25, 0.3) is 0 Å². The summed E-state index contributed by atoms with van der Waals surface area (Å²) in [6.45, 7) is 0.316. The van der Waals surface area contributed by atoms with Gasteiger partial charge in [-0.05, 0) is 42.0 Å². The highest BCUT2D eigenvalue weighted by Crippen LogP contribution is 2.17. The minimum atomic E-state index is -0.466. The van der Waals surface area contributed by atoms with Crippen LogP contribution in [0.3, 0.4) is 0 Å². The Morgan fingerprint density at radius 1 is 1.00 bits per heavy atom. The Balaban J connectivity index is 1.54. The van der Waals surface area contributed by atoms with Gasteiger partial charge in [-0.3, -0.25) is 9.59 Å². The smallest absolute Gasteiger partial charge is 0.348 e. The molecule has 0 spiro atoms. The number of furan rings is 1. The molecule has 3 aromatic rings. The van der Waals surface area contributed by atoms with Gasteiger partial charge in [0.05, 0.1) is 18.3 Å². The van der Waals surface area contributed by atoms with Gasteiger partial charge in [-0.25, -0.2) is 4.79 Å². The van der Waals surface area contributed by atoms with Crippen molar-refractivity contribution in [3.8, 4) is 0 Å². The summed E-state index contributed by atoms with van der Waals surface area (Å²) in [4.78, 5) is 36.3. The van der Waals surface area contributed by atoms with Gasteiger partial charge in [0.15, 0.2) is 5.76 Å². The molecule has 1 aromatic carbocycles. The van der Waals surface area contributed by atoms with Crippen LogP contribution in [0.5, 0.6) is 0 Å². The topological polar surface area (TPSA) is 97.6 Å². The molecule has 0 saturated carbocycles. The van der Waals surface area contributed by atoms with Crippen LogP contribution in [0.1, 0.15) is 35.5 Å². The molecule has 0 aliphatic heterocycles. The molecule has 0 radical (unpaired) electrons. The van der Waals surface area contributed by atoms with E-state index in [1.54, 1.807) is 48.5 Å². The van der Waals surface area contributed by atoms with Crippen molar-refractivity contribution in [1.82, 2.24) is 5.32 Å². The highest BCUT2D eigenvalue weighted by atomic mass is 32.1. The molecule has 2 aromatic heterocycles. The highest BCUT2D eigenvalue weighted by molar-refractivity contribution is 7.15. The molecule has 138 valence electrons. The number of carbonyl (C=O) groups is 3. The second-order valence-corrected chi connectivity index (χ2v) is 6.55. The maximum atomic E-state index is 12.2. The van der Waals surface area contributed by atoms with Crippen LogP contribution in [-0.4, -0.2) is 24.9 Å². The van der Waals surface area contributed by atoms with E-state index in [2.05, 4.69) is 15.4 Å². The van der Waals surface area contributed by atoms with Gasteiger partial charge in [0.2, 0.25) is 0 Å². The molecule has 0 aliphatic rings. The number of amides is 2. The van der Waals surface area contributed by atoms with Crippen molar-refractivity contribution in [3.63, 3.8) is 0 Å². The van der Waals surface area contributed by atoms with Crippen molar-refractivity contribution in [2.75, 3.05) is 12.4 Å². The molecule has 2 N–H and O–H groups in total. The minimum Gasteiger partial charge on any atom is -0.465 e. The first-order valence-corrected chi connectivity index (χ1v) is 8.78. The van der Waals surface area contributed by atoms with E-state index in [4.69, 9.17) is 4.42 Å². The summed E-state index contributed by atoms with van der Waals surface area (Å²) in [5, 5.41) is 5.50. The van der Waals surface area contributed by atoms with E-state index in [1.807, 2.05) is 0 Å². The van der Waals surface area contributed by atoms with Crippen LogP contribution in [0, 0.1) is 0 Å². The van der Waals surface area contributed by atoms with E-state index >= 15 is 0 Å². The fourth-order valence-electron chi connectivity index (χ4n) is 2.25. The third kappa shape index (κ3) is 4.62. The van der Waals surface area contributed by atoms with E-state index in [1.165, 1.54) is 13.4 Å². The second kappa shape index (κ2) is 8.33. The number of hydrogen-bond donors (Lipinski definition) is 2. The van der Waals surface area contributed by atoms with Crippen LogP contribution in [0.2, 0.25) is 0 Å². The number of ether oxygens (including phenoxy) is 1. The van der Waals surface area contributed by atoms with Crippen LogP contribution >= 0.6 is 11.3 Å².